The van der Waals surface area contributed by atoms with Crippen LogP contribution in [0.2, 0.25) is 0 Å². The minimum absolute atomic E-state index is 0.0772. The van der Waals surface area contributed by atoms with E-state index in [1.54, 1.807) is 7.05 Å². The monoisotopic (exact) mass is 420 g/mol. The standard InChI is InChI=1S/C22H18F2N6O/c1-30(22(31)25-20-11-10-16(23)12-19(20)24)13-14-6-8-15(9-7-14)17-4-2-3-5-18(17)21-26-28-29-27-21/h2-12H,13H2,1H3,(H,25,31)(H,26,27,28,29). The predicted molar refractivity (Wildman–Crippen MR) is 112 cm³/mol. The van der Waals surface area contributed by atoms with Gasteiger partial charge >= 0.3 is 6.03 Å². The van der Waals surface area contributed by atoms with Crippen LogP contribution in [0.3, 0.4) is 0 Å². The highest BCUT2D eigenvalue weighted by atomic mass is 19.1. The molecule has 31 heavy (non-hydrogen) atoms. The van der Waals surface area contributed by atoms with Crippen molar-refractivity contribution in [1.29, 1.82) is 0 Å². The summed E-state index contributed by atoms with van der Waals surface area (Å²) in [4.78, 5) is 13.8. The summed E-state index contributed by atoms with van der Waals surface area (Å²) in [6.45, 7) is 0.307. The van der Waals surface area contributed by atoms with Gasteiger partial charge in [0.2, 0.25) is 5.82 Å². The number of tetrazole rings is 1. The number of aromatic nitrogens is 4. The van der Waals surface area contributed by atoms with Crippen LogP contribution in [0.1, 0.15) is 5.56 Å². The number of hydrogen-bond donors (Lipinski definition) is 2. The SMILES string of the molecule is CN(Cc1ccc(-c2ccccc2-c2nn[nH]n2)cc1)C(=O)Nc1ccc(F)cc1F. The fourth-order valence-corrected chi connectivity index (χ4v) is 3.14. The molecule has 0 spiro atoms. The molecule has 0 aliphatic heterocycles. The fraction of sp³-hybridized carbons (Fsp3) is 0.0909. The van der Waals surface area contributed by atoms with Crippen LogP contribution in [0.15, 0.2) is 66.7 Å². The molecule has 9 heteroatoms. The number of nitrogens with one attached hydrogen (secondary N) is 2. The van der Waals surface area contributed by atoms with Crippen molar-refractivity contribution in [2.75, 3.05) is 12.4 Å². The Hall–Kier alpha value is -4.14. The molecule has 0 saturated heterocycles. The first kappa shape index (κ1) is 20.1. The summed E-state index contributed by atoms with van der Waals surface area (Å²) in [5, 5.41) is 16.6. The van der Waals surface area contributed by atoms with Gasteiger partial charge in [-0.1, -0.05) is 48.5 Å². The molecule has 0 unspecified atom stereocenters. The van der Waals surface area contributed by atoms with Crippen molar-refractivity contribution in [3.63, 3.8) is 0 Å². The summed E-state index contributed by atoms with van der Waals surface area (Å²) in [5.74, 6) is -1.03. The first-order valence-electron chi connectivity index (χ1n) is 9.40. The molecule has 1 heterocycles. The molecule has 3 aromatic carbocycles. The number of benzene rings is 3. The van der Waals surface area contributed by atoms with E-state index >= 15 is 0 Å². The second-order valence-corrected chi connectivity index (χ2v) is 6.89. The van der Waals surface area contributed by atoms with E-state index in [0.717, 1.165) is 34.4 Å². The van der Waals surface area contributed by atoms with Gasteiger partial charge in [0.1, 0.15) is 11.6 Å². The van der Waals surface area contributed by atoms with Crippen LogP contribution in [0, 0.1) is 11.6 Å². The van der Waals surface area contributed by atoms with Crippen molar-refractivity contribution in [2.24, 2.45) is 0 Å². The van der Waals surface area contributed by atoms with E-state index in [4.69, 9.17) is 0 Å². The lowest BCUT2D eigenvalue weighted by Gasteiger charge is -2.18. The highest BCUT2D eigenvalue weighted by Crippen LogP contribution is 2.29. The molecule has 0 radical (unpaired) electrons. The van der Waals surface area contributed by atoms with E-state index in [2.05, 4.69) is 25.9 Å². The minimum atomic E-state index is -0.827. The maximum absolute atomic E-state index is 13.8. The fourth-order valence-electron chi connectivity index (χ4n) is 3.14. The molecule has 2 amide bonds. The molecule has 0 aliphatic carbocycles. The Labute approximate surface area is 176 Å². The lowest BCUT2D eigenvalue weighted by Crippen LogP contribution is -2.31. The van der Waals surface area contributed by atoms with Gasteiger partial charge in [-0.25, -0.2) is 13.6 Å². The molecule has 0 saturated carbocycles. The first-order chi connectivity index (χ1) is 15.0. The number of carbonyl (C=O) groups is 1. The largest absolute Gasteiger partial charge is 0.323 e. The molecule has 0 aliphatic rings. The number of H-pyrrole nitrogens is 1. The van der Waals surface area contributed by atoms with Gasteiger partial charge in [0, 0.05) is 25.2 Å². The van der Waals surface area contributed by atoms with Crippen LogP contribution in [0.4, 0.5) is 19.3 Å². The highest BCUT2D eigenvalue weighted by Gasteiger charge is 2.14. The Morgan fingerprint density at radius 2 is 1.77 bits per heavy atom. The number of hydrogen-bond acceptors (Lipinski definition) is 4. The number of amides is 2. The van der Waals surface area contributed by atoms with E-state index in [9.17, 15) is 13.6 Å². The third kappa shape index (κ3) is 4.55. The zero-order valence-electron chi connectivity index (χ0n) is 16.5. The summed E-state index contributed by atoms with van der Waals surface area (Å²) in [6.07, 6.45) is 0. The third-order valence-corrected chi connectivity index (χ3v) is 4.72. The van der Waals surface area contributed by atoms with Crippen LogP contribution < -0.4 is 5.32 Å². The zero-order valence-corrected chi connectivity index (χ0v) is 16.5. The summed E-state index contributed by atoms with van der Waals surface area (Å²) in [5.41, 5.74) is 3.57. The predicted octanol–water partition coefficient (Wildman–Crippen LogP) is 4.48. The van der Waals surface area contributed by atoms with E-state index in [0.29, 0.717) is 12.4 Å². The maximum atomic E-state index is 13.8. The molecule has 1 aromatic heterocycles. The van der Waals surface area contributed by atoms with Crippen LogP contribution in [-0.4, -0.2) is 38.6 Å². The van der Waals surface area contributed by atoms with Gasteiger partial charge in [0.05, 0.1) is 5.69 Å². The number of anilines is 1. The Bertz CT molecular complexity index is 1200. The Balaban J connectivity index is 1.46. The van der Waals surface area contributed by atoms with Gasteiger partial charge in [-0.2, -0.15) is 5.21 Å². The first-order valence-corrected chi connectivity index (χ1v) is 9.40. The van der Waals surface area contributed by atoms with E-state index in [1.807, 2.05) is 48.5 Å². The van der Waals surface area contributed by atoms with Crippen LogP contribution in [-0.2, 0) is 6.54 Å². The summed E-state index contributed by atoms with van der Waals surface area (Å²) in [6, 6.07) is 17.9. The lowest BCUT2D eigenvalue weighted by atomic mass is 9.98. The van der Waals surface area contributed by atoms with Crippen molar-refractivity contribution in [3.8, 4) is 22.5 Å². The topological polar surface area (TPSA) is 86.8 Å². The van der Waals surface area contributed by atoms with Gasteiger partial charge in [-0.05, 0) is 34.0 Å². The summed E-state index contributed by atoms with van der Waals surface area (Å²) in [7, 11) is 1.59. The average Bonchev–Trinajstić information content (AvgIpc) is 3.31. The third-order valence-electron chi connectivity index (χ3n) is 4.72. The molecule has 2 N–H and O–H groups in total. The Morgan fingerprint density at radius 1 is 1.03 bits per heavy atom. The summed E-state index contributed by atoms with van der Waals surface area (Å²) < 4.78 is 26.8. The number of halogens is 2. The van der Waals surface area contributed by atoms with Crippen molar-refractivity contribution in [2.45, 2.75) is 6.54 Å². The van der Waals surface area contributed by atoms with E-state index in [1.165, 1.54) is 11.0 Å². The molecule has 4 rings (SSSR count). The quantitative estimate of drug-likeness (QED) is 0.499. The molecule has 0 bridgehead atoms. The highest BCUT2D eigenvalue weighted by molar-refractivity contribution is 5.89. The van der Waals surface area contributed by atoms with Crippen molar-refractivity contribution in [3.05, 3.63) is 83.9 Å². The number of rotatable bonds is 5. The number of urea groups is 1. The Kier molecular flexibility index (Phi) is 5.65. The Morgan fingerprint density at radius 3 is 2.45 bits per heavy atom. The smallest absolute Gasteiger partial charge is 0.321 e. The van der Waals surface area contributed by atoms with Crippen molar-refractivity contribution in [1.82, 2.24) is 25.5 Å². The van der Waals surface area contributed by atoms with Gasteiger partial charge in [0.15, 0.2) is 0 Å². The van der Waals surface area contributed by atoms with Crippen LogP contribution in [0.5, 0.6) is 0 Å². The molecule has 4 aromatic rings. The average molecular weight is 420 g/mol. The van der Waals surface area contributed by atoms with E-state index in [-0.39, 0.29) is 5.69 Å². The normalized spacial score (nSPS) is 10.7. The molecule has 7 nitrogen and oxygen atoms in total. The number of nitrogens with zero attached hydrogens (tertiary/aromatic N) is 4. The van der Waals surface area contributed by atoms with Crippen LogP contribution in [0.25, 0.3) is 22.5 Å². The van der Waals surface area contributed by atoms with Crippen molar-refractivity contribution < 1.29 is 13.6 Å². The van der Waals surface area contributed by atoms with E-state index < -0.39 is 17.7 Å². The second-order valence-electron chi connectivity index (χ2n) is 6.89. The minimum Gasteiger partial charge on any atom is -0.323 e. The molecular formula is C22H18F2N6O. The number of aromatic amines is 1. The lowest BCUT2D eigenvalue weighted by molar-refractivity contribution is 0.220. The number of carbonyl (C=O) groups excluding carboxylic acids is 1. The molecular weight excluding hydrogens is 402 g/mol. The van der Waals surface area contributed by atoms with Gasteiger partial charge in [-0.15, -0.1) is 10.2 Å². The van der Waals surface area contributed by atoms with Gasteiger partial charge in [0.25, 0.3) is 0 Å². The van der Waals surface area contributed by atoms with Gasteiger partial charge < -0.3 is 10.2 Å². The molecule has 0 atom stereocenters. The molecule has 156 valence electrons. The summed E-state index contributed by atoms with van der Waals surface area (Å²) >= 11 is 0. The maximum Gasteiger partial charge on any atom is 0.321 e. The second kappa shape index (κ2) is 8.70. The van der Waals surface area contributed by atoms with Gasteiger partial charge in [-0.3, -0.25) is 0 Å². The zero-order chi connectivity index (χ0) is 21.8. The molecule has 0 fully saturated rings. The van der Waals surface area contributed by atoms with Crippen molar-refractivity contribution >= 4 is 11.7 Å². The van der Waals surface area contributed by atoms with Crippen LogP contribution >= 0.6 is 0 Å².